The zero-order valence-electron chi connectivity index (χ0n) is 16.4. The molecular weight excluding hydrogens is 372 g/mol. The monoisotopic (exact) mass is 396 g/mol. The zero-order valence-corrected chi connectivity index (χ0v) is 16.4. The van der Waals surface area contributed by atoms with Crippen LogP contribution in [0.1, 0.15) is 24.1 Å². The largest absolute Gasteiger partial charge is 0.497 e. The van der Waals surface area contributed by atoms with Crippen molar-refractivity contribution in [2.75, 3.05) is 25.1 Å². The lowest BCUT2D eigenvalue weighted by Crippen LogP contribution is -2.36. The Morgan fingerprint density at radius 1 is 1.28 bits per heavy atom. The average Bonchev–Trinajstić information content (AvgIpc) is 3.34. The van der Waals surface area contributed by atoms with Gasteiger partial charge in [0, 0.05) is 37.3 Å². The van der Waals surface area contributed by atoms with Crippen molar-refractivity contribution in [2.45, 2.75) is 32.2 Å². The molecule has 1 saturated heterocycles. The first kappa shape index (κ1) is 19.2. The summed E-state index contributed by atoms with van der Waals surface area (Å²) in [6, 6.07) is 8.88. The van der Waals surface area contributed by atoms with E-state index in [1.54, 1.807) is 24.1 Å². The molecule has 1 N–H and O–H groups in total. The first-order valence-corrected chi connectivity index (χ1v) is 9.87. The molecule has 2 aliphatic rings. The quantitative estimate of drug-likeness (QED) is 0.783. The maximum absolute atomic E-state index is 12.5. The lowest BCUT2D eigenvalue weighted by Gasteiger charge is -2.17. The Morgan fingerprint density at radius 3 is 2.97 bits per heavy atom. The van der Waals surface area contributed by atoms with Crippen LogP contribution in [0.15, 0.2) is 35.1 Å². The minimum absolute atomic E-state index is 0.0880. The van der Waals surface area contributed by atoms with Crippen molar-refractivity contribution in [1.29, 1.82) is 0 Å². The molecule has 4 rings (SSSR count). The Morgan fingerprint density at radius 2 is 2.14 bits per heavy atom. The van der Waals surface area contributed by atoms with Crippen LogP contribution in [0.3, 0.4) is 0 Å². The Bertz CT molecular complexity index is 1000. The number of carbonyl (C=O) groups excluding carboxylic acids is 2. The number of benzene rings is 1. The van der Waals surface area contributed by atoms with Gasteiger partial charge < -0.3 is 15.0 Å². The van der Waals surface area contributed by atoms with Crippen molar-refractivity contribution in [3.05, 3.63) is 51.9 Å². The molecule has 1 atom stereocenters. The molecular formula is C21H24N4O4. The van der Waals surface area contributed by atoms with E-state index in [1.165, 1.54) is 4.68 Å². The van der Waals surface area contributed by atoms with Gasteiger partial charge in [0.15, 0.2) is 0 Å². The zero-order chi connectivity index (χ0) is 20.4. The fourth-order valence-corrected chi connectivity index (χ4v) is 3.94. The van der Waals surface area contributed by atoms with Gasteiger partial charge in [-0.1, -0.05) is 6.07 Å². The summed E-state index contributed by atoms with van der Waals surface area (Å²) in [4.78, 5) is 38.7. The average molecular weight is 396 g/mol. The molecule has 0 spiro atoms. The number of ether oxygens (including phenoxy) is 1. The smallest absolute Gasteiger partial charge is 0.267 e. The molecule has 1 aromatic heterocycles. The van der Waals surface area contributed by atoms with E-state index in [9.17, 15) is 14.4 Å². The third-order valence-corrected chi connectivity index (χ3v) is 5.51. The second kappa shape index (κ2) is 8.06. The van der Waals surface area contributed by atoms with Gasteiger partial charge in [-0.05, 0) is 37.0 Å². The lowest BCUT2D eigenvalue weighted by atomic mass is 10.1. The predicted molar refractivity (Wildman–Crippen MR) is 107 cm³/mol. The number of anilines is 1. The highest BCUT2D eigenvalue weighted by Crippen LogP contribution is 2.27. The number of methoxy groups -OCH3 is 1. The fraction of sp³-hybridized carbons (Fsp3) is 0.429. The van der Waals surface area contributed by atoms with Gasteiger partial charge in [0.05, 0.1) is 25.3 Å². The number of hydrogen-bond acceptors (Lipinski definition) is 5. The van der Waals surface area contributed by atoms with Gasteiger partial charge in [-0.3, -0.25) is 14.4 Å². The molecule has 8 heteroatoms. The van der Waals surface area contributed by atoms with Crippen molar-refractivity contribution in [3.8, 4) is 5.75 Å². The third kappa shape index (κ3) is 4.01. The first-order valence-electron chi connectivity index (χ1n) is 9.87. The molecule has 0 bridgehead atoms. The standard InChI is InChI=1S/C21H24N4O4/c1-29-17-6-3-5-16(12-17)24-13-15(11-19(24)26)21(28)22-8-9-25-20(27)10-14-4-2-7-18(14)23-25/h3,5-6,10,12,15H,2,4,7-9,11,13H2,1H3,(H,22,28). The number of aromatic nitrogens is 2. The van der Waals surface area contributed by atoms with E-state index in [1.807, 2.05) is 18.2 Å². The maximum atomic E-state index is 12.5. The summed E-state index contributed by atoms with van der Waals surface area (Å²) >= 11 is 0. The predicted octanol–water partition coefficient (Wildman–Crippen LogP) is 0.910. The first-order chi connectivity index (χ1) is 14.0. The molecule has 0 radical (unpaired) electrons. The number of fused-ring (bicyclic) bond motifs is 1. The SMILES string of the molecule is COc1cccc(N2CC(C(=O)NCCn3nc4c(cc3=O)CCC4)CC2=O)c1. The van der Waals surface area contributed by atoms with Gasteiger partial charge in [-0.15, -0.1) is 0 Å². The third-order valence-electron chi connectivity index (χ3n) is 5.51. The van der Waals surface area contributed by atoms with E-state index in [0.29, 0.717) is 25.4 Å². The maximum Gasteiger partial charge on any atom is 0.267 e. The Labute approximate surface area is 168 Å². The highest BCUT2D eigenvalue weighted by atomic mass is 16.5. The molecule has 29 heavy (non-hydrogen) atoms. The Hall–Kier alpha value is -3.16. The summed E-state index contributed by atoms with van der Waals surface area (Å²) in [5.41, 5.74) is 2.60. The number of aryl methyl sites for hydroxylation is 2. The molecule has 2 amide bonds. The highest BCUT2D eigenvalue weighted by molar-refractivity contribution is 6.00. The van der Waals surface area contributed by atoms with Crippen LogP contribution in [0.2, 0.25) is 0 Å². The topological polar surface area (TPSA) is 93.5 Å². The minimum Gasteiger partial charge on any atom is -0.497 e. The van der Waals surface area contributed by atoms with Crippen molar-refractivity contribution in [1.82, 2.24) is 15.1 Å². The number of rotatable bonds is 6. The van der Waals surface area contributed by atoms with Gasteiger partial charge in [0.25, 0.3) is 5.56 Å². The number of nitrogens with one attached hydrogen (secondary N) is 1. The fourth-order valence-electron chi connectivity index (χ4n) is 3.94. The van der Waals surface area contributed by atoms with E-state index < -0.39 is 5.92 Å². The Kier molecular flexibility index (Phi) is 5.33. The van der Waals surface area contributed by atoms with Crippen molar-refractivity contribution >= 4 is 17.5 Å². The second-order valence-electron chi connectivity index (χ2n) is 7.43. The minimum atomic E-state index is -0.418. The summed E-state index contributed by atoms with van der Waals surface area (Å²) in [7, 11) is 1.57. The molecule has 2 heterocycles. The van der Waals surface area contributed by atoms with Gasteiger partial charge in [0.2, 0.25) is 11.8 Å². The highest BCUT2D eigenvalue weighted by Gasteiger charge is 2.35. The second-order valence-corrected chi connectivity index (χ2v) is 7.43. The summed E-state index contributed by atoms with van der Waals surface area (Å²) in [6.45, 7) is 0.946. The van der Waals surface area contributed by atoms with Gasteiger partial charge in [0.1, 0.15) is 5.75 Å². The van der Waals surface area contributed by atoms with Crippen molar-refractivity contribution in [2.24, 2.45) is 5.92 Å². The summed E-state index contributed by atoms with van der Waals surface area (Å²) < 4.78 is 6.61. The number of nitrogens with zero attached hydrogens (tertiary/aromatic N) is 3. The van der Waals surface area contributed by atoms with Gasteiger partial charge in [-0.2, -0.15) is 5.10 Å². The van der Waals surface area contributed by atoms with Crippen LogP contribution in [0.25, 0.3) is 0 Å². The molecule has 2 aromatic rings. The number of amides is 2. The van der Waals surface area contributed by atoms with Crippen LogP contribution >= 0.6 is 0 Å². The van der Waals surface area contributed by atoms with Gasteiger partial charge in [-0.25, -0.2) is 4.68 Å². The van der Waals surface area contributed by atoms with Crippen LogP contribution < -0.4 is 20.5 Å². The van der Waals surface area contributed by atoms with Crippen molar-refractivity contribution < 1.29 is 14.3 Å². The van der Waals surface area contributed by atoms with Crippen LogP contribution in [-0.4, -0.2) is 41.8 Å². The molecule has 1 aliphatic heterocycles. The Balaban J connectivity index is 1.34. The molecule has 1 fully saturated rings. The van der Waals surface area contributed by atoms with E-state index in [0.717, 1.165) is 36.2 Å². The lowest BCUT2D eigenvalue weighted by molar-refractivity contribution is -0.126. The van der Waals surface area contributed by atoms with Crippen LogP contribution in [0.4, 0.5) is 5.69 Å². The van der Waals surface area contributed by atoms with E-state index in [2.05, 4.69) is 10.4 Å². The molecule has 8 nitrogen and oxygen atoms in total. The number of carbonyl (C=O) groups is 2. The van der Waals surface area contributed by atoms with Gasteiger partial charge >= 0.3 is 0 Å². The molecule has 152 valence electrons. The van der Waals surface area contributed by atoms with E-state index in [4.69, 9.17) is 4.74 Å². The molecule has 1 aromatic carbocycles. The van der Waals surface area contributed by atoms with Crippen LogP contribution in [0.5, 0.6) is 5.75 Å². The van der Waals surface area contributed by atoms with E-state index in [-0.39, 0.29) is 23.8 Å². The molecule has 0 saturated carbocycles. The normalized spacial score (nSPS) is 18.0. The molecule has 1 aliphatic carbocycles. The summed E-state index contributed by atoms with van der Waals surface area (Å²) in [5.74, 6) is -0.0261. The van der Waals surface area contributed by atoms with Crippen molar-refractivity contribution in [3.63, 3.8) is 0 Å². The van der Waals surface area contributed by atoms with Crippen LogP contribution in [-0.2, 0) is 29.0 Å². The van der Waals surface area contributed by atoms with Crippen LogP contribution in [0, 0.1) is 5.92 Å². The summed E-state index contributed by atoms with van der Waals surface area (Å²) in [5, 5.41) is 7.25. The van der Waals surface area contributed by atoms with E-state index >= 15 is 0 Å². The summed E-state index contributed by atoms with van der Waals surface area (Å²) in [6.07, 6.45) is 3.00. The number of hydrogen-bond donors (Lipinski definition) is 1. The molecule has 1 unspecified atom stereocenters.